The van der Waals surface area contributed by atoms with Gasteiger partial charge in [-0.25, -0.2) is 0 Å². The first-order valence-electron chi connectivity index (χ1n) is 18.9. The van der Waals surface area contributed by atoms with Crippen molar-refractivity contribution in [3.8, 4) is 55.6 Å². The zero-order valence-corrected chi connectivity index (χ0v) is 30.0. The summed E-state index contributed by atoms with van der Waals surface area (Å²) < 4.78 is 6.66. The average molecular weight is 699 g/mol. The van der Waals surface area contributed by atoms with Gasteiger partial charge in [0.1, 0.15) is 11.2 Å². The molecule has 0 amide bonds. The summed E-state index contributed by atoms with van der Waals surface area (Å²) in [6.45, 7) is 0. The quantitative estimate of drug-likeness (QED) is 0.163. The molecule has 0 aliphatic rings. The van der Waals surface area contributed by atoms with Crippen LogP contribution in [0.25, 0.3) is 110 Å². The first-order valence-corrected chi connectivity index (χ1v) is 18.9. The van der Waals surface area contributed by atoms with Crippen LogP contribution in [0, 0.1) is 0 Å². The normalized spacial score (nSPS) is 11.6. The Balaban J connectivity index is 1.27. The highest BCUT2D eigenvalue weighted by Crippen LogP contribution is 2.48. The Morgan fingerprint density at radius 3 is 1.51 bits per heavy atom. The van der Waals surface area contributed by atoms with Gasteiger partial charge in [-0.15, -0.1) is 0 Å². The van der Waals surface area contributed by atoms with Gasteiger partial charge in [-0.1, -0.05) is 176 Å². The number of hydrogen-bond donors (Lipinski definition) is 0. The number of para-hydroxylation sites is 1. The van der Waals surface area contributed by atoms with Gasteiger partial charge in [0.05, 0.1) is 0 Å². The molecule has 0 atom stereocenters. The van der Waals surface area contributed by atoms with Crippen LogP contribution in [-0.2, 0) is 0 Å². The zero-order valence-electron chi connectivity index (χ0n) is 30.0. The standard InChI is InChI=1S/C54H34O/c1-4-15-35(16-5-1)39-27-29-44-48(31-39)53(38-20-8-3-9-21-38)49-32-40(28-30-45(49)52(44)37-18-6-2-7-19-37)47-33-41(43-25-14-22-36-17-10-11-23-42(36)43)34-51-54(47)46-24-12-13-26-50(46)55-51/h1-34H. The van der Waals surface area contributed by atoms with E-state index < -0.39 is 0 Å². The number of hydrogen-bond acceptors (Lipinski definition) is 1. The van der Waals surface area contributed by atoms with Crippen LogP contribution in [0.15, 0.2) is 211 Å². The minimum absolute atomic E-state index is 0.890. The van der Waals surface area contributed by atoms with Gasteiger partial charge < -0.3 is 4.42 Å². The maximum absolute atomic E-state index is 6.66. The molecule has 11 rings (SSSR count). The van der Waals surface area contributed by atoms with Crippen LogP contribution in [-0.4, -0.2) is 0 Å². The molecule has 0 N–H and O–H groups in total. The molecule has 55 heavy (non-hydrogen) atoms. The van der Waals surface area contributed by atoms with Gasteiger partial charge in [0.25, 0.3) is 0 Å². The molecule has 0 bridgehead atoms. The summed E-state index contributed by atoms with van der Waals surface area (Å²) in [7, 11) is 0. The van der Waals surface area contributed by atoms with Crippen molar-refractivity contribution in [3.05, 3.63) is 206 Å². The van der Waals surface area contributed by atoms with Crippen LogP contribution in [0.5, 0.6) is 0 Å². The fourth-order valence-corrected chi connectivity index (χ4v) is 8.75. The minimum atomic E-state index is 0.890. The lowest BCUT2D eigenvalue weighted by Gasteiger charge is -2.20. The Morgan fingerprint density at radius 2 is 0.800 bits per heavy atom. The molecule has 0 saturated heterocycles. The summed E-state index contributed by atoms with van der Waals surface area (Å²) in [4.78, 5) is 0. The molecule has 10 aromatic carbocycles. The van der Waals surface area contributed by atoms with Crippen molar-refractivity contribution in [1.29, 1.82) is 0 Å². The second-order valence-electron chi connectivity index (χ2n) is 14.4. The highest BCUT2D eigenvalue weighted by molar-refractivity contribution is 6.23. The Bertz CT molecular complexity index is 3220. The second-order valence-corrected chi connectivity index (χ2v) is 14.4. The molecule has 0 aliphatic heterocycles. The van der Waals surface area contributed by atoms with Gasteiger partial charge in [-0.2, -0.15) is 0 Å². The molecular formula is C54H34O. The van der Waals surface area contributed by atoms with Crippen molar-refractivity contribution < 1.29 is 4.42 Å². The number of fused-ring (bicyclic) bond motifs is 6. The van der Waals surface area contributed by atoms with Crippen LogP contribution < -0.4 is 0 Å². The van der Waals surface area contributed by atoms with Crippen molar-refractivity contribution in [3.63, 3.8) is 0 Å². The van der Waals surface area contributed by atoms with Crippen molar-refractivity contribution in [2.75, 3.05) is 0 Å². The summed E-state index contributed by atoms with van der Waals surface area (Å²) >= 11 is 0. The van der Waals surface area contributed by atoms with E-state index in [2.05, 4.69) is 206 Å². The lowest BCUT2D eigenvalue weighted by atomic mass is 9.83. The highest BCUT2D eigenvalue weighted by Gasteiger charge is 2.21. The van der Waals surface area contributed by atoms with E-state index in [1.807, 2.05) is 0 Å². The summed E-state index contributed by atoms with van der Waals surface area (Å²) in [5.74, 6) is 0. The lowest BCUT2D eigenvalue weighted by molar-refractivity contribution is 0.669. The van der Waals surface area contributed by atoms with E-state index in [1.165, 1.54) is 71.3 Å². The summed E-state index contributed by atoms with van der Waals surface area (Å²) in [6, 6.07) is 74.8. The van der Waals surface area contributed by atoms with Crippen LogP contribution in [0.4, 0.5) is 0 Å². The first kappa shape index (κ1) is 31.3. The molecule has 0 aliphatic carbocycles. The summed E-state index contributed by atoms with van der Waals surface area (Å²) in [5, 5.41) is 9.63. The molecule has 0 spiro atoms. The van der Waals surface area contributed by atoms with Crippen LogP contribution >= 0.6 is 0 Å². The van der Waals surface area contributed by atoms with E-state index in [0.29, 0.717) is 0 Å². The third-order valence-electron chi connectivity index (χ3n) is 11.2. The van der Waals surface area contributed by atoms with Crippen LogP contribution in [0.3, 0.4) is 0 Å². The smallest absolute Gasteiger partial charge is 0.136 e. The van der Waals surface area contributed by atoms with E-state index in [0.717, 1.165) is 38.6 Å². The maximum atomic E-state index is 6.66. The van der Waals surface area contributed by atoms with E-state index >= 15 is 0 Å². The molecule has 1 nitrogen and oxygen atoms in total. The maximum Gasteiger partial charge on any atom is 0.136 e. The largest absolute Gasteiger partial charge is 0.456 e. The van der Waals surface area contributed by atoms with Gasteiger partial charge in [0, 0.05) is 10.8 Å². The first-order chi connectivity index (χ1) is 27.3. The molecule has 0 fully saturated rings. The predicted octanol–water partition coefficient (Wildman–Crippen LogP) is 15.4. The van der Waals surface area contributed by atoms with Crippen molar-refractivity contribution in [2.45, 2.75) is 0 Å². The molecule has 0 unspecified atom stereocenters. The average Bonchev–Trinajstić information content (AvgIpc) is 3.64. The fourth-order valence-electron chi connectivity index (χ4n) is 8.75. The second kappa shape index (κ2) is 12.7. The SMILES string of the molecule is c1ccc(-c2ccc3c(-c4ccccc4)c4ccc(-c5cc(-c6cccc7ccccc67)cc6oc7ccccc7c56)cc4c(-c4ccccc4)c3c2)cc1. The zero-order chi connectivity index (χ0) is 36.3. The third-order valence-corrected chi connectivity index (χ3v) is 11.2. The summed E-state index contributed by atoms with van der Waals surface area (Å²) in [6.07, 6.45) is 0. The summed E-state index contributed by atoms with van der Waals surface area (Å²) in [5.41, 5.74) is 13.7. The number of rotatable bonds is 5. The Kier molecular flexibility index (Phi) is 7.25. The fraction of sp³-hybridized carbons (Fsp3) is 0. The Hall–Kier alpha value is -7.22. The van der Waals surface area contributed by atoms with E-state index in [9.17, 15) is 0 Å². The van der Waals surface area contributed by atoms with E-state index in [4.69, 9.17) is 4.42 Å². The van der Waals surface area contributed by atoms with Crippen molar-refractivity contribution in [1.82, 2.24) is 0 Å². The van der Waals surface area contributed by atoms with Gasteiger partial charge in [0.15, 0.2) is 0 Å². The number of benzene rings is 10. The molecular weight excluding hydrogens is 665 g/mol. The van der Waals surface area contributed by atoms with Crippen molar-refractivity contribution in [2.24, 2.45) is 0 Å². The molecule has 0 radical (unpaired) electrons. The lowest BCUT2D eigenvalue weighted by Crippen LogP contribution is -1.93. The number of furan rings is 1. The predicted molar refractivity (Wildman–Crippen MR) is 233 cm³/mol. The Labute approximate surface area is 319 Å². The van der Waals surface area contributed by atoms with Crippen LogP contribution in [0.2, 0.25) is 0 Å². The van der Waals surface area contributed by atoms with Gasteiger partial charge in [0.2, 0.25) is 0 Å². The highest BCUT2D eigenvalue weighted by atomic mass is 16.3. The van der Waals surface area contributed by atoms with E-state index in [-0.39, 0.29) is 0 Å². The Morgan fingerprint density at radius 1 is 0.255 bits per heavy atom. The van der Waals surface area contributed by atoms with Crippen molar-refractivity contribution >= 4 is 54.3 Å². The third kappa shape index (κ3) is 5.16. The van der Waals surface area contributed by atoms with E-state index in [1.54, 1.807) is 0 Å². The van der Waals surface area contributed by atoms with Gasteiger partial charge in [-0.05, 0) is 118 Å². The minimum Gasteiger partial charge on any atom is -0.456 e. The molecule has 1 aromatic heterocycles. The molecule has 1 heteroatoms. The molecule has 256 valence electrons. The molecule has 0 saturated carbocycles. The monoisotopic (exact) mass is 698 g/mol. The van der Waals surface area contributed by atoms with Gasteiger partial charge in [-0.3, -0.25) is 0 Å². The van der Waals surface area contributed by atoms with Crippen LogP contribution in [0.1, 0.15) is 0 Å². The topological polar surface area (TPSA) is 13.1 Å². The van der Waals surface area contributed by atoms with Gasteiger partial charge >= 0.3 is 0 Å². The molecule has 1 heterocycles. The molecule has 11 aromatic rings.